The van der Waals surface area contributed by atoms with Gasteiger partial charge in [0.05, 0.1) is 12.8 Å². The largest absolute Gasteiger partial charge is 0.495 e. The molecule has 0 saturated heterocycles. The third-order valence-electron chi connectivity index (χ3n) is 3.01. The molecule has 0 aliphatic carbocycles. The van der Waals surface area contributed by atoms with E-state index >= 15 is 0 Å². The fourth-order valence-electron chi connectivity index (χ4n) is 2.05. The van der Waals surface area contributed by atoms with Gasteiger partial charge in [-0.3, -0.25) is 4.79 Å². The second-order valence-electron chi connectivity index (χ2n) is 4.05. The predicted octanol–water partition coefficient (Wildman–Crippen LogP) is 1.18. The van der Waals surface area contributed by atoms with Gasteiger partial charge in [0.15, 0.2) is 0 Å². The number of carbonyl (C=O) groups is 1. The molecule has 1 amide bonds. The van der Waals surface area contributed by atoms with Crippen LogP contribution in [0.25, 0.3) is 0 Å². The summed E-state index contributed by atoms with van der Waals surface area (Å²) in [5.41, 5.74) is 8.83. The molecule has 1 heterocycles. The maximum absolute atomic E-state index is 11.3. The van der Waals surface area contributed by atoms with E-state index in [1.165, 1.54) is 5.56 Å². The zero-order chi connectivity index (χ0) is 11.7. The number of ether oxygens (including phenoxy) is 1. The van der Waals surface area contributed by atoms with Gasteiger partial charge in [0.25, 0.3) is 0 Å². The van der Waals surface area contributed by atoms with Gasteiger partial charge in [-0.25, -0.2) is 0 Å². The lowest BCUT2D eigenvalue weighted by atomic mass is 9.98. The first-order valence-electron chi connectivity index (χ1n) is 5.32. The van der Waals surface area contributed by atoms with Crippen LogP contribution in [0.2, 0.25) is 0 Å². The molecular formula is C12H16N2O2. The predicted molar refractivity (Wildman–Crippen MR) is 62.2 cm³/mol. The summed E-state index contributed by atoms with van der Waals surface area (Å²) in [5, 5.41) is 0. The molecule has 1 aliphatic rings. The van der Waals surface area contributed by atoms with Gasteiger partial charge in [-0.2, -0.15) is 0 Å². The summed E-state index contributed by atoms with van der Waals surface area (Å²) >= 11 is 0. The number of fused-ring (bicyclic) bond motifs is 1. The van der Waals surface area contributed by atoms with E-state index in [2.05, 4.69) is 0 Å². The highest BCUT2D eigenvalue weighted by Crippen LogP contribution is 2.29. The molecule has 0 saturated carbocycles. The van der Waals surface area contributed by atoms with Crippen molar-refractivity contribution in [2.45, 2.75) is 19.9 Å². The molecule has 1 aliphatic heterocycles. The van der Waals surface area contributed by atoms with E-state index in [-0.39, 0.29) is 5.91 Å². The van der Waals surface area contributed by atoms with Gasteiger partial charge in [0.1, 0.15) is 5.75 Å². The first kappa shape index (κ1) is 10.8. The van der Waals surface area contributed by atoms with Gasteiger partial charge in [-0.05, 0) is 29.7 Å². The van der Waals surface area contributed by atoms with Gasteiger partial charge in [-0.15, -0.1) is 0 Å². The molecule has 0 atom stereocenters. The topological polar surface area (TPSA) is 55.6 Å². The monoisotopic (exact) mass is 220 g/mol. The van der Waals surface area contributed by atoms with E-state index in [1.54, 1.807) is 14.0 Å². The molecule has 0 bridgehead atoms. The molecule has 1 aromatic rings. The molecular weight excluding hydrogens is 204 g/mol. The molecule has 0 fully saturated rings. The summed E-state index contributed by atoms with van der Waals surface area (Å²) in [4.78, 5) is 13.1. The highest BCUT2D eigenvalue weighted by molar-refractivity contribution is 5.74. The molecule has 2 N–H and O–H groups in total. The van der Waals surface area contributed by atoms with Crippen LogP contribution in [-0.4, -0.2) is 24.5 Å². The van der Waals surface area contributed by atoms with Gasteiger partial charge in [-0.1, -0.05) is 0 Å². The van der Waals surface area contributed by atoms with Crippen molar-refractivity contribution in [3.8, 4) is 5.75 Å². The molecule has 16 heavy (non-hydrogen) atoms. The molecule has 4 nitrogen and oxygen atoms in total. The number of rotatable bonds is 1. The van der Waals surface area contributed by atoms with Crippen molar-refractivity contribution in [1.29, 1.82) is 0 Å². The van der Waals surface area contributed by atoms with Crippen LogP contribution in [0, 0.1) is 0 Å². The lowest BCUT2D eigenvalue weighted by molar-refractivity contribution is -0.129. The van der Waals surface area contributed by atoms with Crippen LogP contribution in [0.1, 0.15) is 18.1 Å². The van der Waals surface area contributed by atoms with E-state index in [9.17, 15) is 4.79 Å². The van der Waals surface area contributed by atoms with E-state index in [1.807, 2.05) is 17.0 Å². The van der Waals surface area contributed by atoms with Crippen molar-refractivity contribution in [3.63, 3.8) is 0 Å². The molecule has 1 aromatic carbocycles. The Morgan fingerprint density at radius 1 is 1.44 bits per heavy atom. The molecule has 86 valence electrons. The number of methoxy groups -OCH3 is 1. The average Bonchev–Trinajstić information content (AvgIpc) is 2.27. The van der Waals surface area contributed by atoms with Crippen molar-refractivity contribution in [1.82, 2.24) is 4.90 Å². The van der Waals surface area contributed by atoms with Crippen LogP contribution in [-0.2, 0) is 17.8 Å². The van der Waals surface area contributed by atoms with Crippen LogP contribution in [0.3, 0.4) is 0 Å². The standard InChI is InChI=1S/C12H16N2O2/c1-8(15)14-4-3-9-6-12(16-2)11(13)5-10(9)7-14/h5-6H,3-4,7,13H2,1-2H3. The number of anilines is 1. The Morgan fingerprint density at radius 3 is 2.81 bits per heavy atom. The van der Waals surface area contributed by atoms with Gasteiger partial charge < -0.3 is 15.4 Å². The van der Waals surface area contributed by atoms with Crippen molar-refractivity contribution in [2.24, 2.45) is 0 Å². The quantitative estimate of drug-likeness (QED) is 0.723. The van der Waals surface area contributed by atoms with E-state index < -0.39 is 0 Å². The number of nitrogens with zero attached hydrogens (tertiary/aromatic N) is 1. The van der Waals surface area contributed by atoms with Crippen LogP contribution in [0.5, 0.6) is 5.75 Å². The zero-order valence-electron chi connectivity index (χ0n) is 9.62. The summed E-state index contributed by atoms with van der Waals surface area (Å²) in [6.07, 6.45) is 0.867. The maximum atomic E-state index is 11.3. The number of hydrogen-bond donors (Lipinski definition) is 1. The fraction of sp³-hybridized carbons (Fsp3) is 0.417. The van der Waals surface area contributed by atoms with Gasteiger partial charge in [0, 0.05) is 20.0 Å². The van der Waals surface area contributed by atoms with Crippen molar-refractivity contribution in [2.75, 3.05) is 19.4 Å². The van der Waals surface area contributed by atoms with E-state index in [0.29, 0.717) is 12.2 Å². The summed E-state index contributed by atoms with van der Waals surface area (Å²) in [6, 6.07) is 3.88. The first-order chi connectivity index (χ1) is 7.61. The zero-order valence-corrected chi connectivity index (χ0v) is 9.62. The summed E-state index contributed by atoms with van der Waals surface area (Å²) < 4.78 is 5.18. The molecule has 2 rings (SSSR count). The van der Waals surface area contributed by atoms with Crippen molar-refractivity contribution in [3.05, 3.63) is 23.3 Å². The van der Waals surface area contributed by atoms with E-state index in [4.69, 9.17) is 10.5 Å². The Hall–Kier alpha value is -1.71. The minimum atomic E-state index is 0.111. The maximum Gasteiger partial charge on any atom is 0.219 e. The SMILES string of the molecule is COc1cc2c(cc1N)CN(C(C)=O)CC2. The Balaban J connectivity index is 2.33. The summed E-state index contributed by atoms with van der Waals surface area (Å²) in [7, 11) is 1.61. The highest BCUT2D eigenvalue weighted by Gasteiger charge is 2.19. The highest BCUT2D eigenvalue weighted by atomic mass is 16.5. The van der Waals surface area contributed by atoms with Gasteiger partial charge >= 0.3 is 0 Å². The third-order valence-corrected chi connectivity index (χ3v) is 3.01. The third kappa shape index (κ3) is 1.83. The lowest BCUT2D eigenvalue weighted by Gasteiger charge is -2.28. The normalized spacial score (nSPS) is 14.5. The Bertz CT molecular complexity index is 429. The lowest BCUT2D eigenvalue weighted by Crippen LogP contribution is -2.34. The smallest absolute Gasteiger partial charge is 0.219 e. The number of amides is 1. The second kappa shape index (κ2) is 4.04. The minimum Gasteiger partial charge on any atom is -0.495 e. The van der Waals surface area contributed by atoms with E-state index in [0.717, 1.165) is 24.3 Å². The van der Waals surface area contributed by atoms with Crippen LogP contribution in [0.15, 0.2) is 12.1 Å². The molecule has 0 aromatic heterocycles. The Kier molecular flexibility index (Phi) is 2.73. The summed E-state index contributed by atoms with van der Waals surface area (Å²) in [6.45, 7) is 3.02. The summed E-state index contributed by atoms with van der Waals surface area (Å²) in [5.74, 6) is 0.829. The van der Waals surface area contributed by atoms with Crippen molar-refractivity contribution >= 4 is 11.6 Å². The Morgan fingerprint density at radius 2 is 2.19 bits per heavy atom. The molecule has 0 spiro atoms. The minimum absolute atomic E-state index is 0.111. The first-order valence-corrected chi connectivity index (χ1v) is 5.32. The molecule has 4 heteroatoms. The molecule has 0 unspecified atom stereocenters. The van der Waals surface area contributed by atoms with Crippen molar-refractivity contribution < 1.29 is 9.53 Å². The number of carbonyl (C=O) groups excluding carboxylic acids is 1. The Labute approximate surface area is 95.0 Å². The van der Waals surface area contributed by atoms with Gasteiger partial charge in [0.2, 0.25) is 5.91 Å². The number of benzene rings is 1. The van der Waals surface area contributed by atoms with Crippen LogP contribution < -0.4 is 10.5 Å². The van der Waals surface area contributed by atoms with Crippen LogP contribution in [0.4, 0.5) is 5.69 Å². The number of nitrogens with two attached hydrogens (primary N) is 1. The second-order valence-corrected chi connectivity index (χ2v) is 4.05. The number of nitrogen functional groups attached to an aromatic ring is 1. The number of hydrogen-bond acceptors (Lipinski definition) is 3. The van der Waals surface area contributed by atoms with Crippen LogP contribution >= 0.6 is 0 Å². The molecule has 0 radical (unpaired) electrons. The fourth-order valence-corrected chi connectivity index (χ4v) is 2.05. The average molecular weight is 220 g/mol.